The van der Waals surface area contributed by atoms with Gasteiger partial charge in [0, 0.05) is 16.5 Å². The molecule has 28 heavy (non-hydrogen) atoms. The molecule has 3 aromatic rings. The fourth-order valence-corrected chi connectivity index (χ4v) is 3.96. The monoisotopic (exact) mass is 379 g/mol. The molecule has 1 saturated heterocycles. The van der Waals surface area contributed by atoms with E-state index in [0.29, 0.717) is 5.76 Å². The van der Waals surface area contributed by atoms with Gasteiger partial charge in [-0.1, -0.05) is 24.3 Å². The van der Waals surface area contributed by atoms with Crippen molar-refractivity contribution in [1.29, 1.82) is 0 Å². The van der Waals surface area contributed by atoms with Crippen LogP contribution < -0.4 is 9.64 Å². The third-order valence-corrected chi connectivity index (χ3v) is 5.80. The second-order valence-corrected chi connectivity index (χ2v) is 7.56. The van der Waals surface area contributed by atoms with E-state index in [1.54, 1.807) is 7.11 Å². The summed E-state index contributed by atoms with van der Waals surface area (Å²) in [6.07, 6.45) is 0. The van der Waals surface area contributed by atoms with Crippen molar-refractivity contribution >= 4 is 16.9 Å². The number of hydrogen-bond donors (Lipinski definition) is 1. The maximum atomic E-state index is 13.1. The van der Waals surface area contributed by atoms with Crippen LogP contribution in [-0.2, 0) is 6.54 Å². The van der Waals surface area contributed by atoms with Gasteiger partial charge in [-0.2, -0.15) is 0 Å². The molecule has 0 saturated carbocycles. The van der Waals surface area contributed by atoms with Crippen molar-refractivity contribution in [3.63, 3.8) is 0 Å². The van der Waals surface area contributed by atoms with Crippen LogP contribution in [0.4, 0.5) is 0 Å². The van der Waals surface area contributed by atoms with Gasteiger partial charge in [0.05, 0.1) is 33.3 Å². The molecule has 146 valence electrons. The van der Waals surface area contributed by atoms with E-state index in [1.165, 1.54) is 16.0 Å². The van der Waals surface area contributed by atoms with E-state index < -0.39 is 0 Å². The zero-order valence-electron chi connectivity index (χ0n) is 16.7. The minimum Gasteiger partial charge on any atom is -0.497 e. The first-order valence-electron chi connectivity index (χ1n) is 9.81. The van der Waals surface area contributed by atoms with Crippen LogP contribution in [-0.4, -0.2) is 44.1 Å². The lowest BCUT2D eigenvalue weighted by Gasteiger charge is -2.32. The Hall–Kier alpha value is -2.79. The maximum Gasteiger partial charge on any atom is 0.290 e. The molecule has 1 aromatic heterocycles. The molecular formula is C23H27N2O3+. The summed E-state index contributed by atoms with van der Waals surface area (Å²) in [7, 11) is 1.64. The summed E-state index contributed by atoms with van der Waals surface area (Å²) < 4.78 is 11.2. The Bertz CT molecular complexity index is 1000. The van der Waals surface area contributed by atoms with Gasteiger partial charge in [-0.25, -0.2) is 0 Å². The standard InChI is InChI=1S/C23H26N2O3/c1-16-6-4-5-7-18(16)15-24-10-12-25(13-11-24)23(26)22-17(2)20-14-19(27-3)8-9-21(20)28-22/h4-9,14H,10-13,15H2,1-3H3/p+1. The lowest BCUT2D eigenvalue weighted by molar-refractivity contribution is -0.917. The van der Waals surface area contributed by atoms with Gasteiger partial charge in [0.1, 0.15) is 17.9 Å². The Labute approximate surface area is 165 Å². The number of nitrogens with one attached hydrogen (secondary N) is 1. The molecule has 0 unspecified atom stereocenters. The van der Waals surface area contributed by atoms with Gasteiger partial charge < -0.3 is 19.0 Å². The fourth-order valence-electron chi connectivity index (χ4n) is 3.96. The van der Waals surface area contributed by atoms with Crippen molar-refractivity contribution in [1.82, 2.24) is 4.90 Å². The molecule has 1 N–H and O–H groups in total. The van der Waals surface area contributed by atoms with Gasteiger partial charge in [0.15, 0.2) is 5.76 Å². The Balaban J connectivity index is 1.45. The van der Waals surface area contributed by atoms with Gasteiger partial charge >= 0.3 is 0 Å². The second kappa shape index (κ2) is 7.68. The smallest absolute Gasteiger partial charge is 0.290 e. The lowest BCUT2D eigenvalue weighted by Crippen LogP contribution is -3.13. The van der Waals surface area contributed by atoms with Gasteiger partial charge in [0.2, 0.25) is 0 Å². The number of methoxy groups -OCH3 is 1. The Morgan fingerprint density at radius 1 is 1.14 bits per heavy atom. The number of quaternary nitrogens is 1. The van der Waals surface area contributed by atoms with Gasteiger partial charge in [-0.3, -0.25) is 4.79 Å². The number of carbonyl (C=O) groups excluding carboxylic acids is 1. The highest BCUT2D eigenvalue weighted by atomic mass is 16.5. The Morgan fingerprint density at radius 2 is 1.89 bits per heavy atom. The summed E-state index contributed by atoms with van der Waals surface area (Å²) in [5, 5.41) is 0.937. The minimum absolute atomic E-state index is 0.0115. The lowest BCUT2D eigenvalue weighted by atomic mass is 10.1. The molecule has 4 rings (SSSR count). The van der Waals surface area contributed by atoms with Gasteiger partial charge in [-0.15, -0.1) is 0 Å². The zero-order valence-corrected chi connectivity index (χ0v) is 16.7. The van der Waals surface area contributed by atoms with Crippen molar-refractivity contribution in [2.75, 3.05) is 33.3 Å². The average molecular weight is 379 g/mol. The van der Waals surface area contributed by atoms with E-state index in [0.717, 1.165) is 55.0 Å². The summed E-state index contributed by atoms with van der Waals surface area (Å²) >= 11 is 0. The van der Waals surface area contributed by atoms with Crippen molar-refractivity contribution < 1.29 is 18.8 Å². The normalized spacial score (nSPS) is 15.2. The van der Waals surface area contributed by atoms with Crippen LogP contribution in [0.2, 0.25) is 0 Å². The SMILES string of the molecule is COc1ccc2oc(C(=O)N3CC[NH+](Cc4ccccc4C)CC3)c(C)c2c1. The molecule has 5 nitrogen and oxygen atoms in total. The number of nitrogens with zero attached hydrogens (tertiary/aromatic N) is 1. The molecule has 0 atom stereocenters. The number of furan rings is 1. The van der Waals surface area contributed by atoms with Crippen LogP contribution in [0.25, 0.3) is 11.0 Å². The van der Waals surface area contributed by atoms with Crippen LogP contribution in [0.1, 0.15) is 27.2 Å². The molecule has 2 aromatic carbocycles. The van der Waals surface area contributed by atoms with E-state index >= 15 is 0 Å². The van der Waals surface area contributed by atoms with Crippen LogP contribution in [0, 0.1) is 13.8 Å². The number of aryl methyl sites for hydroxylation is 2. The Kier molecular flexibility index (Phi) is 5.09. The fraction of sp³-hybridized carbons (Fsp3) is 0.348. The molecule has 1 aliphatic heterocycles. The highest BCUT2D eigenvalue weighted by Gasteiger charge is 2.28. The van der Waals surface area contributed by atoms with Crippen molar-refractivity contribution in [2.24, 2.45) is 0 Å². The number of carbonyl (C=O) groups is 1. The molecule has 0 bridgehead atoms. The molecule has 1 fully saturated rings. The number of fused-ring (bicyclic) bond motifs is 1. The van der Waals surface area contributed by atoms with Crippen LogP contribution in [0.15, 0.2) is 46.9 Å². The van der Waals surface area contributed by atoms with E-state index in [4.69, 9.17) is 9.15 Å². The van der Waals surface area contributed by atoms with Crippen LogP contribution in [0.3, 0.4) is 0 Å². The Morgan fingerprint density at radius 3 is 2.61 bits per heavy atom. The molecule has 0 radical (unpaired) electrons. The zero-order chi connectivity index (χ0) is 19.7. The highest BCUT2D eigenvalue weighted by Crippen LogP contribution is 2.29. The third-order valence-electron chi connectivity index (χ3n) is 5.80. The molecule has 0 spiro atoms. The predicted molar refractivity (Wildman–Crippen MR) is 109 cm³/mol. The van der Waals surface area contributed by atoms with E-state index in [2.05, 4.69) is 31.2 Å². The topological polar surface area (TPSA) is 47.1 Å². The number of benzene rings is 2. The molecular weight excluding hydrogens is 352 g/mol. The number of ether oxygens (including phenoxy) is 1. The average Bonchev–Trinajstić information content (AvgIpc) is 3.05. The van der Waals surface area contributed by atoms with Gasteiger partial charge in [-0.05, 0) is 37.6 Å². The third kappa shape index (κ3) is 3.50. The number of piperazine rings is 1. The summed E-state index contributed by atoms with van der Waals surface area (Å²) in [5.41, 5.74) is 4.33. The molecule has 2 heterocycles. The first-order chi connectivity index (χ1) is 13.6. The van der Waals surface area contributed by atoms with Crippen LogP contribution >= 0.6 is 0 Å². The maximum absolute atomic E-state index is 13.1. The molecule has 1 aliphatic rings. The van der Waals surface area contributed by atoms with E-state index in [1.807, 2.05) is 30.0 Å². The quantitative estimate of drug-likeness (QED) is 0.758. The van der Waals surface area contributed by atoms with E-state index in [-0.39, 0.29) is 5.91 Å². The summed E-state index contributed by atoms with van der Waals surface area (Å²) in [5.74, 6) is 1.21. The first kappa shape index (κ1) is 18.6. The van der Waals surface area contributed by atoms with Crippen LogP contribution in [0.5, 0.6) is 5.75 Å². The summed E-state index contributed by atoms with van der Waals surface area (Å²) in [6, 6.07) is 14.2. The minimum atomic E-state index is -0.0115. The summed E-state index contributed by atoms with van der Waals surface area (Å²) in [4.78, 5) is 16.5. The van der Waals surface area contributed by atoms with E-state index in [9.17, 15) is 4.79 Å². The largest absolute Gasteiger partial charge is 0.497 e. The molecule has 0 aliphatic carbocycles. The number of rotatable bonds is 4. The van der Waals surface area contributed by atoms with Crippen molar-refractivity contribution in [2.45, 2.75) is 20.4 Å². The number of amides is 1. The first-order valence-corrected chi connectivity index (χ1v) is 9.81. The highest BCUT2D eigenvalue weighted by molar-refractivity contribution is 5.99. The van der Waals surface area contributed by atoms with Crippen molar-refractivity contribution in [3.05, 3.63) is 64.9 Å². The van der Waals surface area contributed by atoms with Gasteiger partial charge in [0.25, 0.3) is 5.91 Å². The summed E-state index contributed by atoms with van der Waals surface area (Å²) in [6.45, 7) is 8.52. The van der Waals surface area contributed by atoms with Crippen molar-refractivity contribution in [3.8, 4) is 5.75 Å². The molecule has 5 heteroatoms. The predicted octanol–water partition coefficient (Wildman–Crippen LogP) is 2.60. The molecule has 1 amide bonds. The second-order valence-electron chi connectivity index (χ2n) is 7.56. The number of hydrogen-bond acceptors (Lipinski definition) is 3.